The summed E-state index contributed by atoms with van der Waals surface area (Å²) in [6, 6.07) is 1.66. The van der Waals surface area contributed by atoms with Crippen LogP contribution in [0.3, 0.4) is 0 Å². The van der Waals surface area contributed by atoms with E-state index in [0.717, 1.165) is 5.56 Å². The second kappa shape index (κ2) is 3.43. The van der Waals surface area contributed by atoms with Gasteiger partial charge in [-0.05, 0) is 18.6 Å². The molecule has 0 saturated carbocycles. The van der Waals surface area contributed by atoms with Crippen LogP contribution in [0.15, 0.2) is 18.5 Å². The molecule has 1 fully saturated rings. The monoisotopic (exact) mass is 195 g/mol. The van der Waals surface area contributed by atoms with E-state index < -0.39 is 11.9 Å². The summed E-state index contributed by atoms with van der Waals surface area (Å²) in [6.45, 7) is 1.86. The highest BCUT2D eigenvalue weighted by molar-refractivity contribution is 5.72. The molecule has 2 heterocycles. The van der Waals surface area contributed by atoms with Crippen molar-refractivity contribution in [3.63, 3.8) is 0 Å². The van der Waals surface area contributed by atoms with Crippen molar-refractivity contribution in [3.05, 3.63) is 24.0 Å². The highest BCUT2D eigenvalue weighted by atomic mass is 16.4. The number of carbonyl (C=O) groups is 1. The van der Waals surface area contributed by atoms with Gasteiger partial charge in [0, 0.05) is 18.4 Å². The lowest BCUT2D eigenvalue weighted by molar-refractivity contribution is -0.142. The molecule has 0 radical (unpaired) electrons. The normalized spacial score (nSPS) is 31.9. The zero-order valence-electron chi connectivity index (χ0n) is 7.82. The van der Waals surface area contributed by atoms with Crippen LogP contribution in [0.5, 0.6) is 0 Å². The smallest absolute Gasteiger partial charge is 0.310 e. The maximum atomic E-state index is 11.0. The SMILES string of the molecule is CC1NNC(c2cc[nH]c2)C1C(=O)O. The Kier molecular flexibility index (Phi) is 2.26. The van der Waals surface area contributed by atoms with Crippen LogP contribution in [-0.4, -0.2) is 22.1 Å². The Morgan fingerprint density at radius 2 is 2.29 bits per heavy atom. The molecule has 1 aliphatic heterocycles. The molecular weight excluding hydrogens is 182 g/mol. The molecule has 1 saturated heterocycles. The maximum Gasteiger partial charge on any atom is 0.310 e. The Morgan fingerprint density at radius 3 is 2.86 bits per heavy atom. The summed E-state index contributed by atoms with van der Waals surface area (Å²) in [5, 5.41) is 9.06. The zero-order chi connectivity index (χ0) is 10.1. The van der Waals surface area contributed by atoms with Crippen molar-refractivity contribution in [1.29, 1.82) is 0 Å². The number of carboxylic acid groups (broad SMARTS) is 1. The lowest BCUT2D eigenvalue weighted by Gasteiger charge is -2.14. The third-order valence-electron chi connectivity index (χ3n) is 2.63. The van der Waals surface area contributed by atoms with Gasteiger partial charge in [0.15, 0.2) is 0 Å². The van der Waals surface area contributed by atoms with Gasteiger partial charge in [-0.3, -0.25) is 10.2 Å². The average molecular weight is 195 g/mol. The van der Waals surface area contributed by atoms with Gasteiger partial charge < -0.3 is 10.1 Å². The number of aliphatic carboxylic acids is 1. The van der Waals surface area contributed by atoms with Crippen LogP contribution in [0.25, 0.3) is 0 Å². The number of hydrogen-bond donors (Lipinski definition) is 4. The number of hydrazine groups is 1. The fourth-order valence-electron chi connectivity index (χ4n) is 1.87. The van der Waals surface area contributed by atoms with Gasteiger partial charge in [-0.1, -0.05) is 0 Å². The van der Waals surface area contributed by atoms with E-state index in [-0.39, 0.29) is 12.1 Å². The number of carboxylic acids is 1. The Hall–Kier alpha value is -1.33. The Morgan fingerprint density at radius 1 is 1.50 bits per heavy atom. The molecule has 0 amide bonds. The largest absolute Gasteiger partial charge is 0.481 e. The van der Waals surface area contributed by atoms with Crippen LogP contribution < -0.4 is 10.9 Å². The van der Waals surface area contributed by atoms with E-state index in [1.165, 1.54) is 0 Å². The summed E-state index contributed by atoms with van der Waals surface area (Å²) in [5.41, 5.74) is 6.90. The van der Waals surface area contributed by atoms with Crippen molar-refractivity contribution in [2.24, 2.45) is 5.92 Å². The molecule has 0 aromatic carbocycles. The summed E-state index contributed by atoms with van der Waals surface area (Å²) in [7, 11) is 0. The van der Waals surface area contributed by atoms with E-state index >= 15 is 0 Å². The molecule has 3 atom stereocenters. The molecular formula is C9H13N3O2. The summed E-state index contributed by atoms with van der Waals surface area (Å²) >= 11 is 0. The first-order valence-corrected chi connectivity index (χ1v) is 4.56. The summed E-state index contributed by atoms with van der Waals surface area (Å²) in [5.74, 6) is -1.20. The molecule has 14 heavy (non-hydrogen) atoms. The Labute approximate surface area is 81.5 Å². The molecule has 1 aromatic rings. The minimum absolute atomic E-state index is 0.0626. The lowest BCUT2D eigenvalue weighted by atomic mass is 9.92. The minimum Gasteiger partial charge on any atom is -0.481 e. The van der Waals surface area contributed by atoms with E-state index in [4.69, 9.17) is 5.11 Å². The first-order valence-electron chi connectivity index (χ1n) is 4.56. The van der Waals surface area contributed by atoms with Crippen molar-refractivity contribution >= 4 is 5.97 Å². The highest BCUT2D eigenvalue weighted by Crippen LogP contribution is 2.28. The number of H-pyrrole nitrogens is 1. The summed E-state index contributed by atoms with van der Waals surface area (Å²) in [6.07, 6.45) is 3.60. The molecule has 0 bridgehead atoms. The number of aromatic amines is 1. The number of aromatic nitrogens is 1. The first kappa shape index (κ1) is 9.23. The van der Waals surface area contributed by atoms with Crippen molar-refractivity contribution in [2.75, 3.05) is 0 Å². The van der Waals surface area contributed by atoms with Crippen molar-refractivity contribution in [3.8, 4) is 0 Å². The van der Waals surface area contributed by atoms with Crippen LogP contribution in [0.1, 0.15) is 18.5 Å². The number of rotatable bonds is 2. The van der Waals surface area contributed by atoms with Crippen LogP contribution >= 0.6 is 0 Å². The highest BCUT2D eigenvalue weighted by Gasteiger charge is 2.39. The predicted octanol–water partition coefficient (Wildman–Crippen LogP) is 0.253. The molecule has 0 aliphatic carbocycles. The fraction of sp³-hybridized carbons (Fsp3) is 0.444. The van der Waals surface area contributed by atoms with Gasteiger partial charge in [0.25, 0.3) is 0 Å². The van der Waals surface area contributed by atoms with Crippen molar-refractivity contribution < 1.29 is 9.90 Å². The zero-order valence-corrected chi connectivity index (χ0v) is 7.82. The van der Waals surface area contributed by atoms with Crippen LogP contribution in [0, 0.1) is 5.92 Å². The quantitative estimate of drug-likeness (QED) is 0.545. The molecule has 76 valence electrons. The topological polar surface area (TPSA) is 77.1 Å². The minimum atomic E-state index is -0.777. The fourth-order valence-corrected chi connectivity index (χ4v) is 1.87. The Bertz CT molecular complexity index is 323. The molecule has 5 heteroatoms. The van der Waals surface area contributed by atoms with Crippen molar-refractivity contribution in [1.82, 2.24) is 15.8 Å². The van der Waals surface area contributed by atoms with Gasteiger partial charge in [0.05, 0.1) is 12.0 Å². The van der Waals surface area contributed by atoms with Crippen LogP contribution in [-0.2, 0) is 4.79 Å². The van der Waals surface area contributed by atoms with E-state index in [1.807, 2.05) is 19.2 Å². The summed E-state index contributed by atoms with van der Waals surface area (Å²) in [4.78, 5) is 13.9. The van der Waals surface area contributed by atoms with Gasteiger partial charge in [-0.25, -0.2) is 5.43 Å². The molecule has 0 spiro atoms. The Balaban J connectivity index is 2.24. The van der Waals surface area contributed by atoms with E-state index in [0.29, 0.717) is 0 Å². The molecule has 1 aromatic heterocycles. The first-order chi connectivity index (χ1) is 6.70. The molecule has 5 nitrogen and oxygen atoms in total. The van der Waals surface area contributed by atoms with Gasteiger partial charge in [-0.2, -0.15) is 0 Å². The van der Waals surface area contributed by atoms with Crippen LogP contribution in [0.4, 0.5) is 0 Å². The van der Waals surface area contributed by atoms with Gasteiger partial charge >= 0.3 is 5.97 Å². The van der Waals surface area contributed by atoms with E-state index in [1.54, 1.807) is 6.20 Å². The van der Waals surface area contributed by atoms with Crippen LogP contribution in [0.2, 0.25) is 0 Å². The van der Waals surface area contributed by atoms with Gasteiger partial charge in [0.1, 0.15) is 0 Å². The van der Waals surface area contributed by atoms with E-state index in [2.05, 4.69) is 15.8 Å². The molecule has 1 aliphatic rings. The van der Waals surface area contributed by atoms with Gasteiger partial charge in [-0.15, -0.1) is 0 Å². The molecule has 4 N–H and O–H groups in total. The maximum absolute atomic E-state index is 11.0. The predicted molar refractivity (Wildman–Crippen MR) is 50.4 cm³/mol. The average Bonchev–Trinajstić information content (AvgIpc) is 2.70. The molecule has 2 rings (SSSR count). The second-order valence-corrected chi connectivity index (χ2v) is 3.56. The van der Waals surface area contributed by atoms with Crippen molar-refractivity contribution in [2.45, 2.75) is 19.0 Å². The summed E-state index contributed by atoms with van der Waals surface area (Å²) < 4.78 is 0. The standard InChI is InChI=1S/C9H13N3O2/c1-5-7(9(13)14)8(12-11-5)6-2-3-10-4-6/h2-5,7-8,10-12H,1H3,(H,13,14). The third kappa shape index (κ3) is 1.40. The lowest BCUT2D eigenvalue weighted by Crippen LogP contribution is -2.30. The second-order valence-electron chi connectivity index (χ2n) is 3.56. The van der Waals surface area contributed by atoms with Gasteiger partial charge in [0.2, 0.25) is 0 Å². The number of hydrogen-bond acceptors (Lipinski definition) is 3. The molecule has 3 unspecified atom stereocenters. The third-order valence-corrected chi connectivity index (χ3v) is 2.63. The van der Waals surface area contributed by atoms with E-state index in [9.17, 15) is 4.79 Å². The number of nitrogens with one attached hydrogen (secondary N) is 3.